The van der Waals surface area contributed by atoms with Crippen molar-refractivity contribution in [3.63, 3.8) is 0 Å². The topological polar surface area (TPSA) is 64.3 Å². The highest BCUT2D eigenvalue weighted by molar-refractivity contribution is 5.57. The Labute approximate surface area is 102 Å². The van der Waals surface area contributed by atoms with E-state index in [0.717, 1.165) is 37.5 Å². The van der Waals surface area contributed by atoms with Gasteiger partial charge in [0.1, 0.15) is 18.0 Å². The third-order valence-corrected chi connectivity index (χ3v) is 3.03. The van der Waals surface area contributed by atoms with Crippen molar-refractivity contribution in [1.29, 1.82) is 0 Å². The van der Waals surface area contributed by atoms with Crippen LogP contribution in [-0.2, 0) is 11.2 Å². The molecule has 94 valence electrons. The Hall–Kier alpha value is -1.36. The van der Waals surface area contributed by atoms with Crippen LogP contribution in [-0.4, -0.2) is 35.3 Å². The maximum Gasteiger partial charge on any atom is 0.137 e. The van der Waals surface area contributed by atoms with E-state index in [2.05, 4.69) is 35.6 Å². The minimum Gasteiger partial charge on any atom is -0.383 e. The van der Waals surface area contributed by atoms with Gasteiger partial charge in [-0.3, -0.25) is 0 Å². The largest absolute Gasteiger partial charge is 0.383 e. The molecule has 0 aromatic carbocycles. The quantitative estimate of drug-likeness (QED) is 0.837. The summed E-state index contributed by atoms with van der Waals surface area (Å²) in [6.45, 7) is 8.66. The number of nitrogens with zero attached hydrogens (tertiary/aromatic N) is 3. The van der Waals surface area contributed by atoms with Crippen LogP contribution in [0.25, 0.3) is 0 Å². The van der Waals surface area contributed by atoms with Gasteiger partial charge in [0.05, 0.1) is 12.2 Å². The first-order chi connectivity index (χ1) is 8.03. The van der Waals surface area contributed by atoms with Crippen molar-refractivity contribution in [2.24, 2.45) is 0 Å². The van der Waals surface area contributed by atoms with Crippen molar-refractivity contribution in [3.05, 3.63) is 11.9 Å². The highest BCUT2D eigenvalue weighted by atomic mass is 16.5. The Morgan fingerprint density at radius 1 is 1.47 bits per heavy atom. The molecule has 0 atom stereocenters. The predicted octanol–water partition coefficient (Wildman–Crippen LogP) is 1.24. The van der Waals surface area contributed by atoms with Crippen molar-refractivity contribution < 1.29 is 4.74 Å². The van der Waals surface area contributed by atoms with Gasteiger partial charge in [0.25, 0.3) is 0 Å². The number of ether oxygens (including phenoxy) is 1. The lowest BCUT2D eigenvalue weighted by molar-refractivity contribution is -0.0279. The molecule has 0 spiro atoms. The molecule has 1 saturated heterocycles. The van der Waals surface area contributed by atoms with Crippen molar-refractivity contribution >= 4 is 11.6 Å². The second-order valence-corrected chi connectivity index (χ2v) is 4.94. The average Bonchev–Trinajstić information content (AvgIpc) is 2.27. The van der Waals surface area contributed by atoms with Crippen molar-refractivity contribution in [2.75, 3.05) is 30.3 Å². The Bertz CT molecular complexity index is 405. The normalized spacial score (nSPS) is 19.4. The molecule has 0 bridgehead atoms. The smallest absolute Gasteiger partial charge is 0.137 e. The number of morpholine rings is 1. The highest BCUT2D eigenvalue weighted by Gasteiger charge is 2.29. The molecule has 2 heterocycles. The van der Waals surface area contributed by atoms with Crippen LogP contribution in [0.2, 0.25) is 0 Å². The van der Waals surface area contributed by atoms with Crippen LogP contribution in [0.15, 0.2) is 6.33 Å². The molecule has 5 heteroatoms. The van der Waals surface area contributed by atoms with Crippen LogP contribution in [0.4, 0.5) is 11.6 Å². The predicted molar refractivity (Wildman–Crippen MR) is 68.1 cm³/mol. The molecule has 5 nitrogen and oxygen atoms in total. The first kappa shape index (κ1) is 12.1. The average molecular weight is 236 g/mol. The number of nitrogens with two attached hydrogens (primary N) is 1. The molecule has 0 aliphatic carbocycles. The fourth-order valence-electron chi connectivity index (χ4n) is 2.23. The van der Waals surface area contributed by atoms with Gasteiger partial charge in [0.2, 0.25) is 0 Å². The van der Waals surface area contributed by atoms with Gasteiger partial charge in [-0.25, -0.2) is 9.97 Å². The second kappa shape index (κ2) is 4.49. The monoisotopic (exact) mass is 236 g/mol. The molecule has 1 aromatic rings. The molecule has 1 aromatic heterocycles. The van der Waals surface area contributed by atoms with Crippen LogP contribution in [0.1, 0.15) is 26.3 Å². The van der Waals surface area contributed by atoms with E-state index in [-0.39, 0.29) is 5.60 Å². The van der Waals surface area contributed by atoms with E-state index in [9.17, 15) is 0 Å². The summed E-state index contributed by atoms with van der Waals surface area (Å²) in [4.78, 5) is 10.7. The van der Waals surface area contributed by atoms with E-state index in [0.29, 0.717) is 5.82 Å². The number of rotatable bonds is 2. The first-order valence-corrected chi connectivity index (χ1v) is 6.02. The maximum atomic E-state index is 5.90. The van der Waals surface area contributed by atoms with Gasteiger partial charge in [0, 0.05) is 18.7 Å². The fraction of sp³-hybridized carbons (Fsp3) is 0.667. The molecule has 17 heavy (non-hydrogen) atoms. The molecular weight excluding hydrogens is 216 g/mol. The Balaban J connectivity index is 2.30. The third kappa shape index (κ3) is 2.49. The van der Waals surface area contributed by atoms with Crippen molar-refractivity contribution in [3.8, 4) is 0 Å². The van der Waals surface area contributed by atoms with E-state index in [4.69, 9.17) is 10.5 Å². The van der Waals surface area contributed by atoms with Gasteiger partial charge in [-0.05, 0) is 20.3 Å². The van der Waals surface area contributed by atoms with E-state index in [1.807, 2.05) is 0 Å². The maximum absolute atomic E-state index is 5.90. The minimum atomic E-state index is -0.136. The zero-order valence-electron chi connectivity index (χ0n) is 10.7. The zero-order valence-corrected chi connectivity index (χ0v) is 10.7. The zero-order chi connectivity index (χ0) is 12.5. The summed E-state index contributed by atoms with van der Waals surface area (Å²) in [6.07, 6.45) is 2.38. The van der Waals surface area contributed by atoms with E-state index in [1.54, 1.807) is 0 Å². The van der Waals surface area contributed by atoms with E-state index in [1.165, 1.54) is 6.33 Å². The molecule has 0 saturated carbocycles. The molecule has 1 aliphatic heterocycles. The Kier molecular flexibility index (Phi) is 3.19. The molecule has 2 rings (SSSR count). The summed E-state index contributed by atoms with van der Waals surface area (Å²) in [5, 5.41) is 0. The Morgan fingerprint density at radius 2 is 2.24 bits per heavy atom. The van der Waals surface area contributed by atoms with Gasteiger partial charge < -0.3 is 15.4 Å². The van der Waals surface area contributed by atoms with Crippen molar-refractivity contribution in [1.82, 2.24) is 9.97 Å². The second-order valence-electron chi connectivity index (χ2n) is 4.94. The molecular formula is C12H20N4O. The highest BCUT2D eigenvalue weighted by Crippen LogP contribution is 2.26. The lowest BCUT2D eigenvalue weighted by atomic mass is 10.1. The van der Waals surface area contributed by atoms with Gasteiger partial charge >= 0.3 is 0 Å². The number of nitrogen functional groups attached to an aromatic ring is 1. The van der Waals surface area contributed by atoms with Gasteiger partial charge in [-0.2, -0.15) is 0 Å². The first-order valence-electron chi connectivity index (χ1n) is 6.02. The number of aromatic nitrogens is 2. The van der Waals surface area contributed by atoms with Crippen LogP contribution in [0.5, 0.6) is 0 Å². The van der Waals surface area contributed by atoms with Gasteiger partial charge in [-0.1, -0.05) is 6.92 Å². The summed E-state index contributed by atoms with van der Waals surface area (Å²) in [7, 11) is 0. The van der Waals surface area contributed by atoms with E-state index >= 15 is 0 Å². The molecule has 0 radical (unpaired) electrons. The molecule has 0 amide bonds. The Morgan fingerprint density at radius 3 is 2.88 bits per heavy atom. The lowest BCUT2D eigenvalue weighted by Crippen LogP contribution is -2.49. The molecule has 2 N–H and O–H groups in total. The lowest BCUT2D eigenvalue weighted by Gasteiger charge is -2.39. The minimum absolute atomic E-state index is 0.136. The summed E-state index contributed by atoms with van der Waals surface area (Å²) >= 11 is 0. The molecule has 1 fully saturated rings. The standard InChI is InChI=1S/C12H20N4O/c1-4-9-10(13)14-8-15-11(9)16-5-6-17-12(2,3)7-16/h8H,4-7H2,1-3H3,(H2,13,14,15). The SMILES string of the molecule is CCc1c(N)ncnc1N1CCOC(C)(C)C1. The van der Waals surface area contributed by atoms with Crippen LogP contribution < -0.4 is 10.6 Å². The molecule has 0 unspecified atom stereocenters. The number of hydrogen-bond acceptors (Lipinski definition) is 5. The van der Waals surface area contributed by atoms with Crippen LogP contribution in [0.3, 0.4) is 0 Å². The van der Waals surface area contributed by atoms with E-state index < -0.39 is 0 Å². The van der Waals surface area contributed by atoms with Gasteiger partial charge in [-0.15, -0.1) is 0 Å². The summed E-state index contributed by atoms with van der Waals surface area (Å²) in [5.41, 5.74) is 6.79. The third-order valence-electron chi connectivity index (χ3n) is 3.03. The molecule has 1 aliphatic rings. The summed E-state index contributed by atoms with van der Waals surface area (Å²) < 4.78 is 5.70. The van der Waals surface area contributed by atoms with Gasteiger partial charge in [0.15, 0.2) is 0 Å². The van der Waals surface area contributed by atoms with Crippen LogP contribution in [0, 0.1) is 0 Å². The summed E-state index contributed by atoms with van der Waals surface area (Å²) in [6, 6.07) is 0. The fourth-order valence-corrected chi connectivity index (χ4v) is 2.23. The van der Waals surface area contributed by atoms with Crippen molar-refractivity contribution in [2.45, 2.75) is 32.8 Å². The number of hydrogen-bond donors (Lipinski definition) is 1. The number of anilines is 2. The van der Waals surface area contributed by atoms with Crippen LogP contribution >= 0.6 is 0 Å². The summed E-state index contributed by atoms with van der Waals surface area (Å²) in [5.74, 6) is 1.54.